The summed E-state index contributed by atoms with van der Waals surface area (Å²) < 4.78 is 32.0. The lowest BCUT2D eigenvalue weighted by Crippen LogP contribution is -2.48. The lowest BCUT2D eigenvalue weighted by Gasteiger charge is -2.37. The third kappa shape index (κ3) is 2.54. The number of fused-ring (bicyclic) bond motifs is 1. The Bertz CT molecular complexity index is 880. The van der Waals surface area contributed by atoms with Crippen LogP contribution in [-0.4, -0.2) is 48.7 Å². The van der Waals surface area contributed by atoms with Gasteiger partial charge in [-0.3, -0.25) is 4.79 Å². The summed E-state index contributed by atoms with van der Waals surface area (Å²) in [6, 6.07) is 6.79. The number of carbonyl (C=O) groups excluding carboxylic acids is 1. The van der Waals surface area contributed by atoms with Crippen molar-refractivity contribution >= 4 is 15.9 Å². The Hall–Kier alpha value is -1.60. The van der Waals surface area contributed by atoms with Crippen molar-refractivity contribution in [1.82, 2.24) is 4.31 Å². The van der Waals surface area contributed by atoms with Crippen molar-refractivity contribution < 1.29 is 23.1 Å². The fourth-order valence-electron chi connectivity index (χ4n) is 5.84. The first-order chi connectivity index (χ1) is 12.6. The van der Waals surface area contributed by atoms with Gasteiger partial charge in [0.2, 0.25) is 10.0 Å². The second-order valence-corrected chi connectivity index (χ2v) is 10.7. The van der Waals surface area contributed by atoms with Crippen LogP contribution >= 0.6 is 0 Å². The van der Waals surface area contributed by atoms with E-state index < -0.39 is 22.0 Å². The molecular formula is C20H27NO5S. The van der Waals surface area contributed by atoms with E-state index in [9.17, 15) is 18.3 Å². The van der Waals surface area contributed by atoms with E-state index in [-0.39, 0.29) is 29.0 Å². The van der Waals surface area contributed by atoms with Crippen molar-refractivity contribution in [2.24, 2.45) is 16.7 Å². The van der Waals surface area contributed by atoms with Crippen LogP contribution in [-0.2, 0) is 21.2 Å². The zero-order chi connectivity index (χ0) is 19.6. The summed E-state index contributed by atoms with van der Waals surface area (Å²) in [7, 11) is -2.16. The van der Waals surface area contributed by atoms with Crippen molar-refractivity contribution in [3.8, 4) is 5.75 Å². The molecule has 2 bridgehead atoms. The van der Waals surface area contributed by atoms with Crippen LogP contribution in [0.2, 0.25) is 0 Å². The fraction of sp³-hybridized carbons (Fsp3) is 0.650. The first-order valence-electron chi connectivity index (χ1n) is 9.49. The summed E-state index contributed by atoms with van der Waals surface area (Å²) in [6.07, 6.45) is 1.25. The fourth-order valence-corrected chi connectivity index (χ4v) is 8.41. The second-order valence-electron chi connectivity index (χ2n) is 8.83. The minimum Gasteiger partial charge on any atom is -0.497 e. The van der Waals surface area contributed by atoms with Crippen molar-refractivity contribution in [1.29, 1.82) is 0 Å². The maximum absolute atomic E-state index is 13.0. The quantitative estimate of drug-likeness (QED) is 0.845. The molecule has 7 heteroatoms. The minimum absolute atomic E-state index is 0.0196. The van der Waals surface area contributed by atoms with Gasteiger partial charge in [-0.25, -0.2) is 12.7 Å². The van der Waals surface area contributed by atoms with Gasteiger partial charge < -0.3 is 9.84 Å². The number of aliphatic hydroxyl groups is 1. The molecule has 0 aromatic heterocycles. The Kier molecular flexibility index (Phi) is 4.13. The van der Waals surface area contributed by atoms with Gasteiger partial charge in [0.25, 0.3) is 5.91 Å². The van der Waals surface area contributed by atoms with E-state index in [1.807, 2.05) is 0 Å². The molecule has 0 radical (unpaired) electrons. The zero-order valence-corrected chi connectivity index (χ0v) is 16.8. The lowest BCUT2D eigenvalue weighted by atomic mass is 9.69. The smallest absolute Gasteiger partial charge is 0.265 e. The summed E-state index contributed by atoms with van der Waals surface area (Å²) in [5, 5.41) is 10.5. The number of aliphatic hydroxyl groups excluding tert-OH is 1. The Morgan fingerprint density at radius 1 is 1.41 bits per heavy atom. The van der Waals surface area contributed by atoms with Crippen LogP contribution < -0.4 is 4.74 Å². The first-order valence-corrected chi connectivity index (χ1v) is 11.1. The lowest BCUT2D eigenvalue weighted by molar-refractivity contribution is -0.137. The molecular weight excluding hydrogens is 366 g/mol. The summed E-state index contributed by atoms with van der Waals surface area (Å²) in [5.41, 5.74) is 0.258. The molecule has 1 amide bonds. The van der Waals surface area contributed by atoms with Crippen LogP contribution in [0.1, 0.15) is 38.7 Å². The van der Waals surface area contributed by atoms with Crippen molar-refractivity contribution in [2.45, 2.75) is 51.7 Å². The summed E-state index contributed by atoms with van der Waals surface area (Å²) in [5.74, 6) is 0.396. The minimum atomic E-state index is -3.71. The van der Waals surface area contributed by atoms with Crippen LogP contribution in [0.4, 0.5) is 0 Å². The molecule has 4 rings (SSSR count). The molecule has 2 saturated carbocycles. The van der Waals surface area contributed by atoms with Gasteiger partial charge in [0.05, 0.1) is 18.9 Å². The van der Waals surface area contributed by atoms with E-state index in [1.54, 1.807) is 31.4 Å². The van der Waals surface area contributed by atoms with Gasteiger partial charge in [-0.15, -0.1) is 0 Å². The number of nitrogens with zero attached hydrogens (tertiary/aromatic N) is 1. The number of methoxy groups -OCH3 is 1. The highest BCUT2D eigenvalue weighted by Gasteiger charge is 2.72. The molecule has 2 aliphatic carbocycles. The Labute approximate surface area is 160 Å². The van der Waals surface area contributed by atoms with Crippen molar-refractivity contribution in [2.75, 3.05) is 12.9 Å². The molecule has 1 aromatic rings. The molecule has 1 aromatic carbocycles. The Morgan fingerprint density at radius 2 is 2.15 bits per heavy atom. The monoisotopic (exact) mass is 393 g/mol. The first kappa shape index (κ1) is 18.7. The topological polar surface area (TPSA) is 83.9 Å². The maximum atomic E-state index is 13.0. The van der Waals surface area contributed by atoms with Crippen LogP contribution in [0, 0.1) is 16.7 Å². The number of hydrogen-bond acceptors (Lipinski definition) is 5. The normalized spacial score (nSPS) is 33.7. The van der Waals surface area contributed by atoms with Crippen molar-refractivity contribution in [3.05, 3.63) is 29.8 Å². The van der Waals surface area contributed by atoms with E-state index in [1.165, 1.54) is 0 Å². The Balaban J connectivity index is 1.60. The van der Waals surface area contributed by atoms with Crippen LogP contribution in [0.25, 0.3) is 0 Å². The molecule has 1 saturated heterocycles. The molecule has 1 heterocycles. The van der Waals surface area contributed by atoms with Crippen LogP contribution in [0.15, 0.2) is 24.3 Å². The number of carbonyl (C=O) groups is 1. The van der Waals surface area contributed by atoms with E-state index >= 15 is 0 Å². The van der Waals surface area contributed by atoms with E-state index in [0.717, 1.165) is 22.7 Å². The van der Waals surface area contributed by atoms with Crippen LogP contribution in [0.3, 0.4) is 0 Å². The number of benzene rings is 1. The highest BCUT2D eigenvalue weighted by Crippen LogP contribution is 2.70. The molecule has 0 unspecified atom stereocenters. The van der Waals surface area contributed by atoms with Crippen LogP contribution in [0.5, 0.6) is 5.75 Å². The number of amides is 1. The SMILES string of the molecule is COc1cccc(C[C@@H](O)C(=O)N2[C@@H]3C[C@H]4CC[C@]3(CS2(=O)=O)C4(C)C)c1. The highest BCUT2D eigenvalue weighted by molar-refractivity contribution is 7.90. The van der Waals surface area contributed by atoms with Gasteiger partial charge >= 0.3 is 0 Å². The molecule has 1 aliphatic heterocycles. The van der Waals surface area contributed by atoms with Gasteiger partial charge in [-0.05, 0) is 48.3 Å². The highest BCUT2D eigenvalue weighted by atomic mass is 32.2. The van der Waals surface area contributed by atoms with E-state index in [0.29, 0.717) is 18.1 Å². The molecule has 3 fully saturated rings. The number of hydrogen-bond donors (Lipinski definition) is 1. The van der Waals surface area contributed by atoms with E-state index in [4.69, 9.17) is 4.74 Å². The summed E-state index contributed by atoms with van der Waals surface area (Å²) in [6.45, 7) is 4.28. The number of rotatable bonds is 4. The third-order valence-corrected chi connectivity index (χ3v) is 9.39. The number of ether oxygens (including phenoxy) is 1. The van der Waals surface area contributed by atoms with Gasteiger partial charge in [0.1, 0.15) is 11.9 Å². The largest absolute Gasteiger partial charge is 0.497 e. The average Bonchev–Trinajstić information content (AvgIpc) is 3.08. The molecule has 4 atom stereocenters. The molecule has 1 spiro atoms. The number of sulfonamides is 1. The van der Waals surface area contributed by atoms with Gasteiger partial charge in [-0.2, -0.15) is 0 Å². The summed E-state index contributed by atoms with van der Waals surface area (Å²) in [4.78, 5) is 13.0. The van der Waals surface area contributed by atoms with Crippen molar-refractivity contribution in [3.63, 3.8) is 0 Å². The standard InChI is InChI=1S/C20H27NO5S/c1-19(2)14-7-8-20(19)12-27(24,25)21(17(20)11-14)18(23)16(22)10-13-5-4-6-15(9-13)26-3/h4-6,9,14,16-17,22H,7-8,10-12H2,1-3H3/t14-,16-,17-,20-/m1/s1. The molecule has 6 nitrogen and oxygen atoms in total. The van der Waals surface area contributed by atoms with Gasteiger partial charge in [0, 0.05) is 11.8 Å². The molecule has 27 heavy (non-hydrogen) atoms. The molecule has 148 valence electrons. The molecule has 3 aliphatic rings. The van der Waals surface area contributed by atoms with Gasteiger partial charge in [-0.1, -0.05) is 26.0 Å². The maximum Gasteiger partial charge on any atom is 0.265 e. The Morgan fingerprint density at radius 3 is 2.81 bits per heavy atom. The summed E-state index contributed by atoms with van der Waals surface area (Å²) >= 11 is 0. The predicted molar refractivity (Wildman–Crippen MR) is 101 cm³/mol. The van der Waals surface area contributed by atoms with E-state index in [2.05, 4.69) is 13.8 Å². The van der Waals surface area contributed by atoms with Gasteiger partial charge in [0.15, 0.2) is 0 Å². The second kappa shape index (κ2) is 5.95. The molecule has 1 N–H and O–H groups in total. The zero-order valence-electron chi connectivity index (χ0n) is 16.0. The third-order valence-electron chi connectivity index (χ3n) is 7.48. The predicted octanol–water partition coefficient (Wildman–Crippen LogP) is 1.97. The average molecular weight is 394 g/mol.